The van der Waals surface area contributed by atoms with E-state index in [1.54, 1.807) is 13.1 Å². The minimum Gasteiger partial charge on any atom is -0.326 e. The van der Waals surface area contributed by atoms with Crippen LogP contribution in [0.5, 0.6) is 0 Å². The maximum absolute atomic E-state index is 13.2. The molecule has 0 saturated heterocycles. The second kappa shape index (κ2) is 4.97. The van der Waals surface area contributed by atoms with E-state index < -0.39 is 0 Å². The summed E-state index contributed by atoms with van der Waals surface area (Å²) in [6.07, 6.45) is 1.53. The SMILES string of the molecule is Cn1nccc1C(=O)Nc1ccc(F)c(CN)c1. The highest BCUT2D eigenvalue weighted by atomic mass is 19.1. The number of nitrogens with two attached hydrogens (primary N) is 1. The normalized spacial score (nSPS) is 10.4. The van der Waals surface area contributed by atoms with E-state index in [2.05, 4.69) is 10.4 Å². The number of rotatable bonds is 3. The molecule has 3 N–H and O–H groups in total. The van der Waals surface area contributed by atoms with E-state index in [0.717, 1.165) is 0 Å². The first-order chi connectivity index (χ1) is 8.61. The monoisotopic (exact) mass is 248 g/mol. The van der Waals surface area contributed by atoms with Crippen molar-refractivity contribution in [2.75, 3.05) is 5.32 Å². The average Bonchev–Trinajstić information content (AvgIpc) is 2.78. The van der Waals surface area contributed by atoms with Gasteiger partial charge < -0.3 is 11.1 Å². The number of halogens is 1. The molecule has 1 aromatic carbocycles. The average molecular weight is 248 g/mol. The fraction of sp³-hybridized carbons (Fsp3) is 0.167. The van der Waals surface area contributed by atoms with Crippen LogP contribution in [0.1, 0.15) is 16.1 Å². The van der Waals surface area contributed by atoms with Crippen molar-refractivity contribution in [3.05, 3.63) is 47.5 Å². The minimum atomic E-state index is -0.379. The Labute approximate surface area is 103 Å². The van der Waals surface area contributed by atoms with Crippen LogP contribution in [-0.4, -0.2) is 15.7 Å². The summed E-state index contributed by atoms with van der Waals surface area (Å²) in [5.41, 5.74) is 6.69. The summed E-state index contributed by atoms with van der Waals surface area (Å²) in [5.74, 6) is -0.680. The van der Waals surface area contributed by atoms with Crippen LogP contribution in [0.2, 0.25) is 0 Å². The van der Waals surface area contributed by atoms with Crippen LogP contribution >= 0.6 is 0 Å². The molecule has 0 fully saturated rings. The van der Waals surface area contributed by atoms with Gasteiger partial charge in [0.05, 0.1) is 0 Å². The van der Waals surface area contributed by atoms with Crippen LogP contribution in [0.3, 0.4) is 0 Å². The Hall–Kier alpha value is -2.21. The van der Waals surface area contributed by atoms with Gasteiger partial charge in [-0.15, -0.1) is 0 Å². The summed E-state index contributed by atoms with van der Waals surface area (Å²) < 4.78 is 14.7. The highest BCUT2D eigenvalue weighted by molar-refractivity contribution is 6.03. The number of aryl methyl sites for hydroxylation is 1. The van der Waals surface area contributed by atoms with Crippen molar-refractivity contribution >= 4 is 11.6 Å². The zero-order chi connectivity index (χ0) is 13.1. The molecule has 0 aliphatic carbocycles. The number of nitrogens with zero attached hydrogens (tertiary/aromatic N) is 2. The van der Waals surface area contributed by atoms with E-state index in [-0.39, 0.29) is 18.3 Å². The highest BCUT2D eigenvalue weighted by Gasteiger charge is 2.10. The first-order valence-electron chi connectivity index (χ1n) is 5.39. The van der Waals surface area contributed by atoms with Gasteiger partial charge in [0, 0.05) is 31.0 Å². The predicted molar refractivity (Wildman–Crippen MR) is 65.5 cm³/mol. The third-order valence-electron chi connectivity index (χ3n) is 2.58. The highest BCUT2D eigenvalue weighted by Crippen LogP contribution is 2.15. The molecular formula is C12H13FN4O. The van der Waals surface area contributed by atoms with Gasteiger partial charge in [-0.1, -0.05) is 0 Å². The van der Waals surface area contributed by atoms with Gasteiger partial charge in [0.15, 0.2) is 0 Å². The Morgan fingerprint density at radius 2 is 2.28 bits per heavy atom. The molecule has 18 heavy (non-hydrogen) atoms. The molecule has 0 saturated carbocycles. The fourth-order valence-electron chi connectivity index (χ4n) is 1.60. The summed E-state index contributed by atoms with van der Waals surface area (Å²) in [6, 6.07) is 5.89. The second-order valence-corrected chi connectivity index (χ2v) is 3.80. The zero-order valence-electron chi connectivity index (χ0n) is 9.85. The molecule has 0 spiro atoms. The first kappa shape index (κ1) is 12.3. The van der Waals surface area contributed by atoms with E-state index in [1.807, 2.05) is 0 Å². The lowest BCUT2D eigenvalue weighted by molar-refractivity contribution is 0.101. The lowest BCUT2D eigenvalue weighted by Crippen LogP contribution is -2.16. The van der Waals surface area contributed by atoms with E-state index in [0.29, 0.717) is 16.9 Å². The summed E-state index contributed by atoms with van der Waals surface area (Å²) in [6.45, 7) is 0.0846. The Morgan fingerprint density at radius 3 is 2.89 bits per heavy atom. The standard InChI is InChI=1S/C12H13FN4O/c1-17-11(4-5-15-17)12(18)16-9-2-3-10(13)8(6-9)7-14/h2-6H,7,14H2,1H3,(H,16,18). The molecule has 1 aromatic heterocycles. The molecule has 0 bridgehead atoms. The molecule has 5 nitrogen and oxygen atoms in total. The van der Waals surface area contributed by atoms with Crippen LogP contribution in [-0.2, 0) is 13.6 Å². The molecule has 94 valence electrons. The quantitative estimate of drug-likeness (QED) is 0.859. The molecule has 6 heteroatoms. The third kappa shape index (κ3) is 2.38. The van der Waals surface area contributed by atoms with Gasteiger partial charge in [0.1, 0.15) is 11.5 Å². The van der Waals surface area contributed by atoms with Crippen LogP contribution < -0.4 is 11.1 Å². The number of hydrogen-bond donors (Lipinski definition) is 2. The smallest absolute Gasteiger partial charge is 0.273 e. The Morgan fingerprint density at radius 1 is 1.50 bits per heavy atom. The van der Waals surface area contributed by atoms with E-state index in [4.69, 9.17) is 5.73 Å². The number of carbonyl (C=O) groups is 1. The molecule has 1 heterocycles. The van der Waals surface area contributed by atoms with Crippen molar-refractivity contribution in [3.8, 4) is 0 Å². The Balaban J connectivity index is 2.20. The van der Waals surface area contributed by atoms with E-state index in [1.165, 1.54) is 29.1 Å². The van der Waals surface area contributed by atoms with Gasteiger partial charge in [-0.25, -0.2) is 4.39 Å². The van der Waals surface area contributed by atoms with Crippen LogP contribution in [0, 0.1) is 5.82 Å². The number of anilines is 1. The topological polar surface area (TPSA) is 72.9 Å². The van der Waals surface area contributed by atoms with Crippen LogP contribution in [0.25, 0.3) is 0 Å². The summed E-state index contributed by atoms with van der Waals surface area (Å²) in [4.78, 5) is 11.9. The summed E-state index contributed by atoms with van der Waals surface area (Å²) in [7, 11) is 1.67. The molecule has 0 aliphatic rings. The maximum Gasteiger partial charge on any atom is 0.273 e. The number of aromatic nitrogens is 2. The van der Waals surface area contributed by atoms with Crippen molar-refractivity contribution in [2.45, 2.75) is 6.54 Å². The number of benzene rings is 1. The maximum atomic E-state index is 13.2. The van der Waals surface area contributed by atoms with E-state index >= 15 is 0 Å². The van der Waals surface area contributed by atoms with Crippen LogP contribution in [0.4, 0.5) is 10.1 Å². The van der Waals surface area contributed by atoms with Gasteiger partial charge in [-0.05, 0) is 24.3 Å². The Kier molecular flexibility index (Phi) is 3.38. The summed E-state index contributed by atoms with van der Waals surface area (Å²) in [5, 5.41) is 6.57. The molecule has 2 rings (SSSR count). The molecule has 0 unspecified atom stereocenters. The fourth-order valence-corrected chi connectivity index (χ4v) is 1.60. The van der Waals surface area contributed by atoms with Crippen molar-refractivity contribution in [3.63, 3.8) is 0 Å². The largest absolute Gasteiger partial charge is 0.326 e. The van der Waals surface area contributed by atoms with Crippen molar-refractivity contribution < 1.29 is 9.18 Å². The summed E-state index contributed by atoms with van der Waals surface area (Å²) >= 11 is 0. The van der Waals surface area contributed by atoms with Crippen molar-refractivity contribution in [2.24, 2.45) is 12.8 Å². The molecule has 2 aromatic rings. The van der Waals surface area contributed by atoms with Gasteiger partial charge in [0.2, 0.25) is 0 Å². The molecule has 0 aliphatic heterocycles. The molecule has 1 amide bonds. The molecule has 0 atom stereocenters. The number of hydrogen-bond acceptors (Lipinski definition) is 3. The lowest BCUT2D eigenvalue weighted by Gasteiger charge is -2.07. The van der Waals surface area contributed by atoms with Crippen LogP contribution in [0.15, 0.2) is 30.5 Å². The lowest BCUT2D eigenvalue weighted by atomic mass is 10.2. The Bertz CT molecular complexity index is 579. The second-order valence-electron chi connectivity index (χ2n) is 3.80. The predicted octanol–water partition coefficient (Wildman–Crippen LogP) is 1.27. The van der Waals surface area contributed by atoms with Gasteiger partial charge >= 0.3 is 0 Å². The van der Waals surface area contributed by atoms with Gasteiger partial charge in [0.25, 0.3) is 5.91 Å². The van der Waals surface area contributed by atoms with E-state index in [9.17, 15) is 9.18 Å². The first-order valence-corrected chi connectivity index (χ1v) is 5.39. The minimum absolute atomic E-state index is 0.0846. The van der Waals surface area contributed by atoms with Gasteiger partial charge in [-0.3, -0.25) is 9.48 Å². The number of amides is 1. The zero-order valence-corrected chi connectivity index (χ0v) is 9.85. The van der Waals surface area contributed by atoms with Crippen molar-refractivity contribution in [1.29, 1.82) is 0 Å². The third-order valence-corrected chi connectivity index (χ3v) is 2.58. The van der Waals surface area contributed by atoms with Crippen molar-refractivity contribution in [1.82, 2.24) is 9.78 Å². The molecular weight excluding hydrogens is 235 g/mol. The number of carbonyl (C=O) groups excluding carboxylic acids is 1. The van der Waals surface area contributed by atoms with Gasteiger partial charge in [-0.2, -0.15) is 5.10 Å². The molecule has 0 radical (unpaired) electrons. The number of nitrogens with one attached hydrogen (secondary N) is 1.